The Morgan fingerprint density at radius 2 is 1.81 bits per heavy atom. The molecule has 0 spiro atoms. The number of anilines is 2. The quantitative estimate of drug-likeness (QED) is 0.544. The lowest BCUT2D eigenvalue weighted by atomic mass is 10.2. The number of nitrogens with one attached hydrogen (secondary N) is 1. The summed E-state index contributed by atoms with van der Waals surface area (Å²) in [7, 11) is 1.60. The Morgan fingerprint density at radius 3 is 2.52 bits per heavy atom. The van der Waals surface area contributed by atoms with Gasteiger partial charge in [0, 0.05) is 50.2 Å². The molecule has 3 rings (SSSR count). The molecule has 2 aromatic rings. The lowest BCUT2D eigenvalue weighted by molar-refractivity contribution is -0.105. The molecule has 0 unspecified atom stereocenters. The number of piperazine rings is 1. The number of methoxy groups -OCH3 is 1. The highest BCUT2D eigenvalue weighted by Gasteiger charge is 2.16. The number of rotatable bonds is 9. The van der Waals surface area contributed by atoms with Crippen LogP contribution in [0.4, 0.5) is 11.4 Å². The van der Waals surface area contributed by atoms with Crippen molar-refractivity contribution in [3.8, 4) is 11.5 Å². The minimum Gasteiger partial charge on any atom is -0.493 e. The van der Waals surface area contributed by atoms with Gasteiger partial charge in [-0.25, -0.2) is 0 Å². The van der Waals surface area contributed by atoms with Gasteiger partial charge in [-0.05, 0) is 30.7 Å². The molecule has 1 N–H and O–H groups in total. The van der Waals surface area contributed by atoms with E-state index in [2.05, 4.69) is 45.4 Å². The van der Waals surface area contributed by atoms with E-state index in [1.165, 1.54) is 5.69 Å². The molecule has 1 saturated heterocycles. The molecule has 6 heteroatoms. The lowest BCUT2D eigenvalue weighted by Crippen LogP contribution is -2.46. The van der Waals surface area contributed by atoms with Gasteiger partial charge in [0.15, 0.2) is 11.5 Å². The largest absolute Gasteiger partial charge is 0.493 e. The van der Waals surface area contributed by atoms with Gasteiger partial charge >= 0.3 is 0 Å². The van der Waals surface area contributed by atoms with E-state index in [4.69, 9.17) is 9.47 Å². The Hall–Kier alpha value is -2.73. The van der Waals surface area contributed by atoms with Crippen molar-refractivity contribution in [1.82, 2.24) is 4.90 Å². The van der Waals surface area contributed by atoms with Crippen molar-refractivity contribution in [2.45, 2.75) is 6.42 Å². The van der Waals surface area contributed by atoms with Gasteiger partial charge in [-0.3, -0.25) is 9.69 Å². The molecule has 144 valence electrons. The second-order valence-corrected chi connectivity index (χ2v) is 6.49. The number of amides is 1. The third kappa shape index (κ3) is 5.37. The summed E-state index contributed by atoms with van der Waals surface area (Å²) >= 11 is 0. The fraction of sp³-hybridized carbons (Fsp3) is 0.381. The fourth-order valence-electron chi connectivity index (χ4n) is 3.28. The van der Waals surface area contributed by atoms with Gasteiger partial charge in [-0.15, -0.1) is 0 Å². The molecule has 1 aliphatic heterocycles. The highest BCUT2D eigenvalue weighted by atomic mass is 16.5. The van der Waals surface area contributed by atoms with Crippen LogP contribution in [0.25, 0.3) is 0 Å². The van der Waals surface area contributed by atoms with Crippen LogP contribution in [0.15, 0.2) is 48.5 Å². The summed E-state index contributed by atoms with van der Waals surface area (Å²) in [6.45, 7) is 5.92. The minimum absolute atomic E-state index is 0.623. The Balaban J connectivity index is 1.39. The third-order valence-electron chi connectivity index (χ3n) is 4.76. The molecule has 0 radical (unpaired) electrons. The monoisotopic (exact) mass is 369 g/mol. The summed E-state index contributed by atoms with van der Waals surface area (Å²) in [5.41, 5.74) is 1.99. The van der Waals surface area contributed by atoms with Crippen molar-refractivity contribution < 1.29 is 14.3 Å². The number of nitrogens with zero attached hydrogens (tertiary/aromatic N) is 2. The van der Waals surface area contributed by atoms with Gasteiger partial charge in [-0.1, -0.05) is 18.2 Å². The maximum Gasteiger partial charge on any atom is 0.211 e. The average molecular weight is 369 g/mol. The number of para-hydroxylation sites is 1. The van der Waals surface area contributed by atoms with Crippen molar-refractivity contribution in [1.29, 1.82) is 0 Å². The SMILES string of the molecule is COc1cc(NC=O)ccc1OCCCN1CCN(c2ccccc2)CC1. The van der Waals surface area contributed by atoms with Crippen LogP contribution in [-0.2, 0) is 4.79 Å². The van der Waals surface area contributed by atoms with Crippen LogP contribution in [0, 0.1) is 0 Å². The predicted octanol–water partition coefficient (Wildman–Crippen LogP) is 2.85. The van der Waals surface area contributed by atoms with Gasteiger partial charge < -0.3 is 19.7 Å². The van der Waals surface area contributed by atoms with E-state index in [9.17, 15) is 4.79 Å². The molecule has 0 saturated carbocycles. The lowest BCUT2D eigenvalue weighted by Gasteiger charge is -2.36. The second-order valence-electron chi connectivity index (χ2n) is 6.49. The first-order valence-electron chi connectivity index (χ1n) is 9.33. The standard InChI is InChI=1S/C21H27N3O3/c1-26-21-16-18(22-17-25)8-9-20(21)27-15-5-10-23-11-13-24(14-12-23)19-6-3-2-4-7-19/h2-4,6-9,16-17H,5,10-15H2,1H3,(H,22,25). The maximum absolute atomic E-state index is 10.5. The maximum atomic E-state index is 10.5. The summed E-state index contributed by atoms with van der Waals surface area (Å²) in [5, 5.41) is 2.61. The van der Waals surface area contributed by atoms with Gasteiger partial charge in [-0.2, -0.15) is 0 Å². The van der Waals surface area contributed by atoms with Crippen molar-refractivity contribution in [2.24, 2.45) is 0 Å². The van der Waals surface area contributed by atoms with Crippen LogP contribution in [0.1, 0.15) is 6.42 Å². The zero-order valence-corrected chi connectivity index (χ0v) is 15.8. The highest BCUT2D eigenvalue weighted by Crippen LogP contribution is 2.30. The Morgan fingerprint density at radius 1 is 1.04 bits per heavy atom. The summed E-state index contributed by atoms with van der Waals surface area (Å²) in [5.74, 6) is 1.32. The average Bonchev–Trinajstić information content (AvgIpc) is 2.73. The van der Waals surface area contributed by atoms with Crippen molar-refractivity contribution in [3.63, 3.8) is 0 Å². The smallest absolute Gasteiger partial charge is 0.211 e. The zero-order chi connectivity index (χ0) is 18.9. The minimum atomic E-state index is 0.623. The van der Waals surface area contributed by atoms with Crippen molar-refractivity contribution in [3.05, 3.63) is 48.5 Å². The van der Waals surface area contributed by atoms with Crippen LogP contribution >= 0.6 is 0 Å². The number of carbonyl (C=O) groups excluding carboxylic acids is 1. The Labute approximate surface area is 160 Å². The fourth-order valence-corrected chi connectivity index (χ4v) is 3.28. The molecule has 6 nitrogen and oxygen atoms in total. The molecule has 1 amide bonds. The van der Waals surface area contributed by atoms with Crippen LogP contribution in [0.3, 0.4) is 0 Å². The van der Waals surface area contributed by atoms with Gasteiger partial charge in [0.1, 0.15) is 0 Å². The molecule has 2 aromatic carbocycles. The van der Waals surface area contributed by atoms with Crippen LogP contribution in [0.2, 0.25) is 0 Å². The van der Waals surface area contributed by atoms with Gasteiger partial charge in [0.05, 0.1) is 13.7 Å². The van der Waals surface area contributed by atoms with E-state index in [1.807, 2.05) is 6.07 Å². The number of benzene rings is 2. The van der Waals surface area contributed by atoms with E-state index < -0.39 is 0 Å². The predicted molar refractivity (Wildman–Crippen MR) is 108 cm³/mol. The first kappa shape index (κ1) is 19.0. The molecule has 0 bridgehead atoms. The number of carbonyl (C=O) groups is 1. The normalized spacial score (nSPS) is 14.6. The van der Waals surface area contributed by atoms with Gasteiger partial charge in [0.2, 0.25) is 6.41 Å². The Kier molecular flexibility index (Phi) is 6.93. The molecule has 1 heterocycles. The first-order chi connectivity index (χ1) is 13.3. The molecule has 27 heavy (non-hydrogen) atoms. The molecule has 1 aliphatic rings. The van der Waals surface area contributed by atoms with E-state index in [1.54, 1.807) is 19.2 Å². The molecule has 0 aromatic heterocycles. The van der Waals surface area contributed by atoms with E-state index in [-0.39, 0.29) is 0 Å². The summed E-state index contributed by atoms with van der Waals surface area (Å²) in [6, 6.07) is 16.0. The number of hydrogen-bond acceptors (Lipinski definition) is 5. The second kappa shape index (κ2) is 9.83. The molecule has 0 aliphatic carbocycles. The van der Waals surface area contributed by atoms with Crippen LogP contribution < -0.4 is 19.7 Å². The van der Waals surface area contributed by atoms with Gasteiger partial charge in [0.25, 0.3) is 0 Å². The van der Waals surface area contributed by atoms with E-state index in [0.29, 0.717) is 30.2 Å². The van der Waals surface area contributed by atoms with Crippen LogP contribution in [0.5, 0.6) is 11.5 Å². The Bertz CT molecular complexity index is 716. The molecule has 0 atom stereocenters. The highest BCUT2D eigenvalue weighted by molar-refractivity contribution is 5.72. The van der Waals surface area contributed by atoms with E-state index >= 15 is 0 Å². The summed E-state index contributed by atoms with van der Waals surface area (Å²) in [4.78, 5) is 15.5. The molecule has 1 fully saturated rings. The summed E-state index contributed by atoms with van der Waals surface area (Å²) in [6.07, 6.45) is 1.61. The van der Waals surface area contributed by atoms with Crippen molar-refractivity contribution >= 4 is 17.8 Å². The summed E-state index contributed by atoms with van der Waals surface area (Å²) < 4.78 is 11.2. The third-order valence-corrected chi connectivity index (χ3v) is 4.76. The number of hydrogen-bond donors (Lipinski definition) is 1. The van der Waals surface area contributed by atoms with E-state index in [0.717, 1.165) is 39.1 Å². The molecular formula is C21H27N3O3. The molecular weight excluding hydrogens is 342 g/mol. The number of ether oxygens (including phenoxy) is 2. The van der Waals surface area contributed by atoms with Crippen LogP contribution in [-0.4, -0.2) is 57.8 Å². The first-order valence-corrected chi connectivity index (χ1v) is 9.33. The van der Waals surface area contributed by atoms with Crippen molar-refractivity contribution in [2.75, 3.05) is 56.7 Å². The zero-order valence-electron chi connectivity index (χ0n) is 15.8. The topological polar surface area (TPSA) is 54.0 Å².